The maximum Gasteiger partial charge on any atom is 0.242 e. The monoisotopic (exact) mass is 829 g/mol. The van der Waals surface area contributed by atoms with Gasteiger partial charge in [0.1, 0.15) is 6.04 Å². The van der Waals surface area contributed by atoms with E-state index < -0.39 is 24.1 Å². The van der Waals surface area contributed by atoms with Crippen LogP contribution in [0.1, 0.15) is 77.3 Å². The topological polar surface area (TPSA) is 132 Å². The lowest BCUT2D eigenvalue weighted by atomic mass is 9.87. The molecule has 6 N–H and O–H groups in total. The predicted octanol–water partition coefficient (Wildman–Crippen LogP) is 8.48. The summed E-state index contributed by atoms with van der Waals surface area (Å²) in [6, 6.07) is 36.9. The highest BCUT2D eigenvalue weighted by Gasteiger charge is 2.31. The Labute approximate surface area is 361 Å². The number of carbonyl (C=O) groups excluding carboxylic acids is 3. The van der Waals surface area contributed by atoms with Crippen LogP contribution in [0.3, 0.4) is 0 Å². The Morgan fingerprint density at radius 2 is 1.27 bits per heavy atom. The minimum atomic E-state index is -1.10. The standard InChI is InChI=1S/C50H63N5O4S/c1-5-35(4)33-52-47(57)32-46(56)45(29-34(2)3)55-49(59)44(27-13-14-28-51-50(60)53-41-23-7-6-8-24-41)54-48(58)40(30-38-21-15-19-36-17-9-11-25-42(36)38)31-39-22-16-20-37-18-10-12-26-43(37)39/h6-12,15-26,34-35,40,44-46,56H,5,13-14,27-33H2,1-4H3,(H,52,57)(H,54,58)(H,55,59)(H2,51,53,60)/t35?,44?,45?,46-/m0/s1. The number of aliphatic hydroxyl groups excluding tert-OH is 1. The van der Waals surface area contributed by atoms with E-state index in [2.05, 4.69) is 89.0 Å². The molecule has 5 aromatic rings. The smallest absolute Gasteiger partial charge is 0.242 e. The number of thiocarbonyl (C=S) groups is 1. The van der Waals surface area contributed by atoms with Crippen molar-refractivity contribution in [2.24, 2.45) is 17.8 Å². The molecule has 0 aliphatic heterocycles. The number of fused-ring (bicyclic) bond motifs is 2. The van der Waals surface area contributed by atoms with Gasteiger partial charge in [0, 0.05) is 24.7 Å². The molecule has 0 saturated heterocycles. The van der Waals surface area contributed by atoms with Crippen LogP contribution in [0.5, 0.6) is 0 Å². The van der Waals surface area contributed by atoms with E-state index in [1.54, 1.807) is 0 Å². The average Bonchev–Trinajstić information content (AvgIpc) is 3.24. The fraction of sp³-hybridized carbons (Fsp3) is 0.400. The molecule has 0 spiro atoms. The van der Waals surface area contributed by atoms with Crippen LogP contribution in [0.15, 0.2) is 115 Å². The minimum Gasteiger partial charge on any atom is -0.390 e. The summed E-state index contributed by atoms with van der Waals surface area (Å²) in [5.41, 5.74) is 3.02. The van der Waals surface area contributed by atoms with Crippen LogP contribution in [0, 0.1) is 17.8 Å². The Bertz CT molecular complexity index is 2070. The number of amides is 3. The van der Waals surface area contributed by atoms with Crippen molar-refractivity contribution in [1.29, 1.82) is 0 Å². The second-order valence-corrected chi connectivity index (χ2v) is 16.9. The second-order valence-electron chi connectivity index (χ2n) is 16.5. The largest absolute Gasteiger partial charge is 0.390 e. The number of hydrogen-bond donors (Lipinski definition) is 6. The van der Waals surface area contributed by atoms with E-state index in [1.807, 2.05) is 80.6 Å². The first-order valence-corrected chi connectivity index (χ1v) is 22.0. The molecule has 0 saturated carbocycles. The number of nitrogens with one attached hydrogen (secondary N) is 5. The fourth-order valence-corrected chi connectivity index (χ4v) is 7.82. The van der Waals surface area contributed by atoms with Gasteiger partial charge in [0.2, 0.25) is 17.7 Å². The van der Waals surface area contributed by atoms with Crippen LogP contribution < -0.4 is 26.6 Å². The Balaban J connectivity index is 1.36. The first-order valence-electron chi connectivity index (χ1n) is 21.6. The molecular formula is C50H63N5O4S. The molecule has 0 radical (unpaired) electrons. The second kappa shape index (κ2) is 23.5. The summed E-state index contributed by atoms with van der Waals surface area (Å²) >= 11 is 5.51. The highest BCUT2D eigenvalue weighted by molar-refractivity contribution is 7.80. The SMILES string of the molecule is CCC(C)CNC(=O)C[C@H](O)C(CC(C)C)NC(=O)C(CCCCNC(=S)Nc1ccccc1)NC(=O)C(Cc1cccc2ccccc12)Cc1cccc2ccccc12. The van der Waals surface area contributed by atoms with E-state index >= 15 is 0 Å². The number of aliphatic hydroxyl groups is 1. The van der Waals surface area contributed by atoms with Crippen LogP contribution in [-0.2, 0) is 27.2 Å². The van der Waals surface area contributed by atoms with Crippen LogP contribution in [0.2, 0.25) is 0 Å². The third-order valence-corrected chi connectivity index (χ3v) is 11.4. The van der Waals surface area contributed by atoms with E-state index in [1.165, 1.54) is 0 Å². The Hall–Kier alpha value is -5.32. The number of carbonyl (C=O) groups is 3. The third kappa shape index (κ3) is 14.2. The van der Waals surface area contributed by atoms with E-state index in [0.717, 1.165) is 44.8 Å². The molecule has 0 aliphatic rings. The van der Waals surface area contributed by atoms with Crippen LogP contribution in [-0.4, -0.2) is 59.2 Å². The molecule has 3 amide bonds. The number of hydrogen-bond acceptors (Lipinski definition) is 5. The summed E-state index contributed by atoms with van der Waals surface area (Å²) in [6.45, 7) is 9.27. The van der Waals surface area contributed by atoms with E-state index in [9.17, 15) is 19.5 Å². The van der Waals surface area contributed by atoms with Gasteiger partial charge in [-0.1, -0.05) is 137 Å². The van der Waals surface area contributed by atoms with Gasteiger partial charge >= 0.3 is 0 Å². The quantitative estimate of drug-likeness (QED) is 0.0305. The van der Waals surface area contributed by atoms with Crippen molar-refractivity contribution in [3.8, 4) is 0 Å². The van der Waals surface area contributed by atoms with Gasteiger partial charge < -0.3 is 31.7 Å². The number of para-hydroxylation sites is 1. The summed E-state index contributed by atoms with van der Waals surface area (Å²) in [7, 11) is 0. The number of unbranched alkanes of at least 4 members (excludes halogenated alkanes) is 1. The molecule has 10 heteroatoms. The molecule has 0 aliphatic carbocycles. The first-order chi connectivity index (χ1) is 29.0. The predicted molar refractivity (Wildman–Crippen MR) is 250 cm³/mol. The summed E-state index contributed by atoms with van der Waals surface area (Å²) in [4.78, 5) is 42.0. The van der Waals surface area contributed by atoms with Gasteiger partial charge in [-0.25, -0.2) is 0 Å². The van der Waals surface area contributed by atoms with Crippen molar-refractivity contribution >= 4 is 62.3 Å². The lowest BCUT2D eigenvalue weighted by Gasteiger charge is -2.29. The zero-order valence-corrected chi connectivity index (χ0v) is 36.4. The van der Waals surface area contributed by atoms with Gasteiger partial charge in [-0.2, -0.15) is 0 Å². The summed E-state index contributed by atoms with van der Waals surface area (Å²) in [6.07, 6.45) is 2.79. The molecule has 0 heterocycles. The minimum absolute atomic E-state index is 0.131. The average molecular weight is 830 g/mol. The van der Waals surface area contributed by atoms with Gasteiger partial charge in [-0.05, 0) is 107 Å². The summed E-state index contributed by atoms with van der Waals surface area (Å²) in [5.74, 6) is -0.896. The highest BCUT2D eigenvalue weighted by atomic mass is 32.1. The molecule has 5 rings (SSSR count). The highest BCUT2D eigenvalue weighted by Crippen LogP contribution is 2.27. The molecular weight excluding hydrogens is 767 g/mol. The number of rotatable bonds is 22. The van der Waals surface area contributed by atoms with Crippen molar-refractivity contribution in [3.05, 3.63) is 126 Å². The van der Waals surface area contributed by atoms with Gasteiger partial charge in [-0.15, -0.1) is 0 Å². The third-order valence-electron chi connectivity index (χ3n) is 11.2. The van der Waals surface area contributed by atoms with Crippen molar-refractivity contribution in [2.75, 3.05) is 18.4 Å². The van der Waals surface area contributed by atoms with Gasteiger partial charge in [-0.3, -0.25) is 14.4 Å². The molecule has 5 aromatic carbocycles. The lowest BCUT2D eigenvalue weighted by Crippen LogP contribution is -2.54. The number of anilines is 1. The molecule has 318 valence electrons. The van der Waals surface area contributed by atoms with Gasteiger partial charge in [0.05, 0.1) is 18.6 Å². The lowest BCUT2D eigenvalue weighted by molar-refractivity contribution is -0.132. The van der Waals surface area contributed by atoms with E-state index in [-0.39, 0.29) is 30.1 Å². The normalized spacial score (nSPS) is 13.4. The zero-order chi connectivity index (χ0) is 42.9. The molecule has 0 bridgehead atoms. The molecule has 4 atom stereocenters. The number of benzene rings is 5. The zero-order valence-electron chi connectivity index (χ0n) is 35.6. The van der Waals surface area contributed by atoms with E-state index in [4.69, 9.17) is 12.2 Å². The van der Waals surface area contributed by atoms with Gasteiger partial charge in [0.25, 0.3) is 0 Å². The van der Waals surface area contributed by atoms with Gasteiger partial charge in [0.15, 0.2) is 5.11 Å². The fourth-order valence-electron chi connectivity index (χ4n) is 7.60. The summed E-state index contributed by atoms with van der Waals surface area (Å²) in [5, 5.41) is 31.9. The molecule has 3 unspecified atom stereocenters. The van der Waals surface area contributed by atoms with Crippen molar-refractivity contribution in [1.82, 2.24) is 21.3 Å². The molecule has 0 aromatic heterocycles. The van der Waals surface area contributed by atoms with Crippen LogP contribution in [0.25, 0.3) is 21.5 Å². The Kier molecular flexibility index (Phi) is 17.9. The maximum absolute atomic E-state index is 14.8. The first kappa shape index (κ1) is 45.8. The van der Waals surface area contributed by atoms with Crippen molar-refractivity contribution in [3.63, 3.8) is 0 Å². The molecule has 60 heavy (non-hydrogen) atoms. The summed E-state index contributed by atoms with van der Waals surface area (Å²) < 4.78 is 0. The van der Waals surface area contributed by atoms with Crippen molar-refractivity contribution in [2.45, 2.75) is 97.2 Å². The van der Waals surface area contributed by atoms with Crippen molar-refractivity contribution < 1.29 is 19.5 Å². The van der Waals surface area contributed by atoms with Crippen LogP contribution >= 0.6 is 12.2 Å². The maximum atomic E-state index is 14.8. The van der Waals surface area contributed by atoms with Crippen LogP contribution in [0.4, 0.5) is 5.69 Å². The Morgan fingerprint density at radius 1 is 0.683 bits per heavy atom. The molecule has 9 nitrogen and oxygen atoms in total. The van der Waals surface area contributed by atoms with E-state index in [0.29, 0.717) is 62.6 Å². The Morgan fingerprint density at radius 3 is 1.87 bits per heavy atom. The molecule has 0 fully saturated rings.